The van der Waals surface area contributed by atoms with Crippen LogP contribution in [0.3, 0.4) is 0 Å². The van der Waals surface area contributed by atoms with E-state index in [4.69, 9.17) is 9.88 Å². The van der Waals surface area contributed by atoms with Crippen LogP contribution in [0.1, 0.15) is 5.56 Å². The van der Waals surface area contributed by atoms with Crippen molar-refractivity contribution in [2.45, 2.75) is 11.6 Å². The van der Waals surface area contributed by atoms with E-state index in [1.165, 1.54) is 4.80 Å². The van der Waals surface area contributed by atoms with Gasteiger partial charge in [0, 0.05) is 0 Å². The van der Waals surface area contributed by atoms with E-state index >= 15 is 0 Å². The summed E-state index contributed by atoms with van der Waals surface area (Å²) in [4.78, 5) is 1.27. The number of hydrogen-bond donors (Lipinski definition) is 1. The Morgan fingerprint density at radius 2 is 2.00 bits per heavy atom. The largest absolute Gasteiger partial charge is 0.497 e. The van der Waals surface area contributed by atoms with Gasteiger partial charge in [0.25, 0.3) is 10.0 Å². The highest BCUT2D eigenvalue weighted by Gasteiger charge is 2.12. The van der Waals surface area contributed by atoms with Crippen LogP contribution in [0.15, 0.2) is 35.5 Å². The fourth-order valence-electron chi connectivity index (χ4n) is 1.38. The number of sulfonamides is 1. The minimum absolute atomic E-state index is 0.240. The Morgan fingerprint density at radius 1 is 1.33 bits per heavy atom. The Kier molecular flexibility index (Phi) is 3.30. The fourth-order valence-corrected chi connectivity index (χ4v) is 1.78. The van der Waals surface area contributed by atoms with E-state index in [-0.39, 0.29) is 5.03 Å². The van der Waals surface area contributed by atoms with Crippen molar-refractivity contribution in [3.8, 4) is 5.75 Å². The number of hydrogen-bond acceptors (Lipinski definition) is 5. The minimum Gasteiger partial charge on any atom is -0.497 e. The Labute approximate surface area is 104 Å². The van der Waals surface area contributed by atoms with E-state index in [2.05, 4.69) is 10.2 Å². The molecular formula is C10H12N4O3S. The van der Waals surface area contributed by atoms with Gasteiger partial charge in [-0.25, -0.2) is 13.6 Å². The molecule has 1 heterocycles. The molecule has 0 bridgehead atoms. The molecule has 7 nitrogen and oxygen atoms in total. The summed E-state index contributed by atoms with van der Waals surface area (Å²) in [5.74, 6) is 0.748. The van der Waals surface area contributed by atoms with Gasteiger partial charge >= 0.3 is 0 Å². The van der Waals surface area contributed by atoms with Gasteiger partial charge in [0.1, 0.15) is 5.75 Å². The molecule has 0 saturated carbocycles. The van der Waals surface area contributed by atoms with Crippen molar-refractivity contribution in [1.29, 1.82) is 0 Å². The van der Waals surface area contributed by atoms with Crippen molar-refractivity contribution in [2.75, 3.05) is 7.11 Å². The quantitative estimate of drug-likeness (QED) is 0.840. The molecule has 1 aromatic carbocycles. The summed E-state index contributed by atoms with van der Waals surface area (Å²) in [6.45, 7) is 0.361. The molecule has 96 valence electrons. The number of aromatic nitrogens is 3. The normalized spacial score (nSPS) is 11.4. The van der Waals surface area contributed by atoms with Crippen LogP contribution < -0.4 is 9.88 Å². The minimum atomic E-state index is -3.80. The maximum absolute atomic E-state index is 11.0. The van der Waals surface area contributed by atoms with E-state index in [1.54, 1.807) is 19.2 Å². The number of methoxy groups -OCH3 is 1. The molecule has 0 amide bonds. The van der Waals surface area contributed by atoms with Crippen LogP contribution in [-0.4, -0.2) is 30.5 Å². The zero-order valence-corrected chi connectivity index (χ0v) is 10.5. The first kappa shape index (κ1) is 12.5. The number of rotatable bonds is 4. The highest BCUT2D eigenvalue weighted by atomic mass is 32.2. The molecule has 0 unspecified atom stereocenters. The summed E-state index contributed by atoms with van der Waals surface area (Å²) in [7, 11) is -2.21. The van der Waals surface area contributed by atoms with Gasteiger partial charge in [0.15, 0.2) is 0 Å². The van der Waals surface area contributed by atoms with Crippen LogP contribution >= 0.6 is 0 Å². The van der Waals surface area contributed by atoms with Crippen molar-refractivity contribution in [1.82, 2.24) is 15.0 Å². The molecule has 0 aliphatic heterocycles. The molecule has 0 fully saturated rings. The Balaban J connectivity index is 2.16. The molecule has 2 N–H and O–H groups in total. The first-order valence-electron chi connectivity index (χ1n) is 5.05. The standard InChI is InChI=1S/C10H12N4O3S/c1-17-9-4-2-8(3-5-9)7-14-12-6-10(13-14)18(11,15)16/h2-6H,7H2,1H3,(H2,11,15,16). The lowest BCUT2D eigenvalue weighted by Crippen LogP contribution is -2.13. The molecular weight excluding hydrogens is 256 g/mol. The second-order valence-electron chi connectivity index (χ2n) is 3.61. The zero-order valence-electron chi connectivity index (χ0n) is 9.65. The van der Waals surface area contributed by atoms with Gasteiger partial charge in [-0.1, -0.05) is 12.1 Å². The Bertz CT molecular complexity index is 633. The van der Waals surface area contributed by atoms with Crippen LogP contribution in [0.5, 0.6) is 5.75 Å². The molecule has 18 heavy (non-hydrogen) atoms. The molecule has 0 aliphatic carbocycles. The molecule has 0 radical (unpaired) electrons. The van der Waals surface area contributed by atoms with Crippen molar-refractivity contribution in [3.05, 3.63) is 36.0 Å². The van der Waals surface area contributed by atoms with E-state index in [9.17, 15) is 8.42 Å². The van der Waals surface area contributed by atoms with Crippen LogP contribution in [-0.2, 0) is 16.6 Å². The molecule has 8 heteroatoms. The number of nitrogens with two attached hydrogens (primary N) is 1. The molecule has 0 atom stereocenters. The predicted molar refractivity (Wildman–Crippen MR) is 63.5 cm³/mol. The first-order chi connectivity index (χ1) is 8.49. The Hall–Kier alpha value is -1.93. The molecule has 2 aromatic rings. The number of ether oxygens (including phenoxy) is 1. The van der Waals surface area contributed by atoms with E-state index in [0.29, 0.717) is 6.54 Å². The summed E-state index contributed by atoms with van der Waals surface area (Å²) in [5.41, 5.74) is 0.923. The van der Waals surface area contributed by atoms with Crippen molar-refractivity contribution in [2.24, 2.45) is 5.14 Å². The smallest absolute Gasteiger partial charge is 0.259 e. The molecule has 0 aliphatic rings. The SMILES string of the molecule is COc1ccc(Cn2ncc(S(N)(=O)=O)n2)cc1. The van der Waals surface area contributed by atoms with Gasteiger partial charge in [0.2, 0.25) is 5.03 Å². The fraction of sp³-hybridized carbons (Fsp3) is 0.200. The van der Waals surface area contributed by atoms with Crippen molar-refractivity contribution < 1.29 is 13.2 Å². The van der Waals surface area contributed by atoms with Crippen molar-refractivity contribution in [3.63, 3.8) is 0 Å². The monoisotopic (exact) mass is 268 g/mol. The lowest BCUT2D eigenvalue weighted by atomic mass is 10.2. The lowest BCUT2D eigenvalue weighted by Gasteiger charge is -2.02. The third kappa shape index (κ3) is 2.84. The van der Waals surface area contributed by atoms with Gasteiger partial charge in [-0.05, 0) is 17.7 Å². The van der Waals surface area contributed by atoms with Gasteiger partial charge in [-0.15, -0.1) is 5.10 Å². The molecule has 0 spiro atoms. The Morgan fingerprint density at radius 3 is 2.50 bits per heavy atom. The van der Waals surface area contributed by atoms with Gasteiger partial charge < -0.3 is 4.74 Å². The molecule has 0 saturated heterocycles. The van der Waals surface area contributed by atoms with E-state index < -0.39 is 10.0 Å². The average molecular weight is 268 g/mol. The van der Waals surface area contributed by atoms with Crippen LogP contribution in [0.25, 0.3) is 0 Å². The van der Waals surface area contributed by atoms with Gasteiger partial charge in [0.05, 0.1) is 19.9 Å². The summed E-state index contributed by atoms with van der Waals surface area (Å²) in [6, 6.07) is 7.30. The second-order valence-corrected chi connectivity index (χ2v) is 5.11. The summed E-state index contributed by atoms with van der Waals surface area (Å²) in [5, 5.41) is 12.3. The van der Waals surface area contributed by atoms with E-state index in [0.717, 1.165) is 17.5 Å². The predicted octanol–water partition coefficient (Wildman–Crippen LogP) is -0.0176. The highest BCUT2D eigenvalue weighted by Crippen LogP contribution is 2.12. The second kappa shape index (κ2) is 4.75. The van der Waals surface area contributed by atoms with Crippen LogP contribution in [0, 0.1) is 0 Å². The average Bonchev–Trinajstić information content (AvgIpc) is 2.78. The maximum Gasteiger partial charge on any atom is 0.259 e. The van der Waals surface area contributed by atoms with Crippen LogP contribution in [0.2, 0.25) is 0 Å². The van der Waals surface area contributed by atoms with Crippen LogP contribution in [0.4, 0.5) is 0 Å². The number of nitrogens with zero attached hydrogens (tertiary/aromatic N) is 3. The molecule has 2 rings (SSSR count). The lowest BCUT2D eigenvalue weighted by molar-refractivity contribution is 0.414. The summed E-state index contributed by atoms with van der Waals surface area (Å²) in [6.07, 6.45) is 1.12. The van der Waals surface area contributed by atoms with Gasteiger partial charge in [-0.2, -0.15) is 9.90 Å². The summed E-state index contributed by atoms with van der Waals surface area (Å²) < 4.78 is 27.1. The summed E-state index contributed by atoms with van der Waals surface area (Å²) >= 11 is 0. The zero-order chi connectivity index (χ0) is 13.2. The van der Waals surface area contributed by atoms with E-state index in [1.807, 2.05) is 12.1 Å². The topological polar surface area (TPSA) is 100 Å². The third-order valence-corrected chi connectivity index (χ3v) is 3.06. The first-order valence-corrected chi connectivity index (χ1v) is 6.59. The van der Waals surface area contributed by atoms with Gasteiger partial charge in [-0.3, -0.25) is 0 Å². The highest BCUT2D eigenvalue weighted by molar-refractivity contribution is 7.89. The number of benzene rings is 1. The third-order valence-electron chi connectivity index (χ3n) is 2.29. The van der Waals surface area contributed by atoms with Crippen molar-refractivity contribution >= 4 is 10.0 Å². The number of primary sulfonamides is 1. The molecule has 1 aromatic heterocycles. The maximum atomic E-state index is 11.0.